The van der Waals surface area contributed by atoms with Gasteiger partial charge in [0.25, 0.3) is 0 Å². The molecule has 114 valence electrons. The van der Waals surface area contributed by atoms with Gasteiger partial charge in [-0.1, -0.05) is 12.1 Å². The quantitative estimate of drug-likeness (QED) is 0.892. The number of nitrogens with zero attached hydrogens (tertiary/aromatic N) is 2. The number of halogens is 1. The molecule has 2 aromatic rings. The molecule has 2 rings (SSSR count). The van der Waals surface area contributed by atoms with Gasteiger partial charge in [0.1, 0.15) is 5.82 Å². The Bertz CT molecular complexity index is 581. The molecule has 0 radical (unpaired) electrons. The molecule has 21 heavy (non-hydrogen) atoms. The molecule has 0 amide bonds. The Morgan fingerprint density at radius 1 is 1.33 bits per heavy atom. The number of hydrogen-bond acceptors (Lipinski definition) is 4. The third-order valence-corrected chi connectivity index (χ3v) is 4.75. The molecular formula is C16H22FN3S. The Kier molecular flexibility index (Phi) is 5.08. The van der Waals surface area contributed by atoms with E-state index in [0.717, 1.165) is 29.2 Å². The van der Waals surface area contributed by atoms with E-state index >= 15 is 0 Å². The van der Waals surface area contributed by atoms with E-state index in [4.69, 9.17) is 5.73 Å². The number of nitrogens with two attached hydrogens (primary N) is 1. The van der Waals surface area contributed by atoms with Crippen molar-refractivity contribution < 1.29 is 4.39 Å². The van der Waals surface area contributed by atoms with Gasteiger partial charge in [-0.2, -0.15) is 0 Å². The van der Waals surface area contributed by atoms with Gasteiger partial charge in [-0.3, -0.25) is 4.90 Å². The van der Waals surface area contributed by atoms with Crippen LogP contribution in [0.25, 0.3) is 0 Å². The number of hydrogen-bond donors (Lipinski definition) is 1. The second-order valence-corrected chi connectivity index (χ2v) is 6.78. The molecule has 1 atom stereocenters. The Balaban J connectivity index is 2.09. The van der Waals surface area contributed by atoms with Crippen LogP contribution in [0.4, 0.5) is 4.39 Å². The average Bonchev–Trinajstić information content (AvgIpc) is 2.86. The summed E-state index contributed by atoms with van der Waals surface area (Å²) < 4.78 is 13.0. The van der Waals surface area contributed by atoms with Gasteiger partial charge in [0.05, 0.1) is 10.7 Å². The van der Waals surface area contributed by atoms with Gasteiger partial charge in [-0.25, -0.2) is 9.37 Å². The highest BCUT2D eigenvalue weighted by atomic mass is 32.1. The molecule has 0 aliphatic heterocycles. The first-order valence-electron chi connectivity index (χ1n) is 7.00. The summed E-state index contributed by atoms with van der Waals surface area (Å²) in [5.41, 5.74) is 7.98. The van der Waals surface area contributed by atoms with E-state index in [2.05, 4.69) is 29.2 Å². The fourth-order valence-electron chi connectivity index (χ4n) is 2.32. The van der Waals surface area contributed by atoms with Crippen LogP contribution in [-0.2, 0) is 13.0 Å². The molecular weight excluding hydrogens is 285 g/mol. The first-order chi connectivity index (χ1) is 9.93. The van der Waals surface area contributed by atoms with Crippen molar-refractivity contribution in [3.8, 4) is 0 Å². The highest BCUT2D eigenvalue weighted by molar-refractivity contribution is 7.09. The molecule has 1 aromatic heterocycles. The van der Waals surface area contributed by atoms with Crippen molar-refractivity contribution >= 4 is 11.3 Å². The number of benzene rings is 1. The number of aryl methyl sites for hydroxylation is 1. The van der Waals surface area contributed by atoms with Crippen LogP contribution < -0.4 is 5.73 Å². The molecule has 1 heterocycles. The third-order valence-electron chi connectivity index (χ3n) is 3.93. The van der Waals surface area contributed by atoms with Gasteiger partial charge < -0.3 is 5.73 Å². The molecule has 0 spiro atoms. The zero-order valence-electron chi connectivity index (χ0n) is 12.8. The minimum atomic E-state index is -0.209. The Morgan fingerprint density at radius 2 is 2.00 bits per heavy atom. The first-order valence-corrected chi connectivity index (χ1v) is 7.88. The Labute approximate surface area is 129 Å². The second kappa shape index (κ2) is 6.64. The van der Waals surface area contributed by atoms with Crippen LogP contribution in [-0.4, -0.2) is 29.0 Å². The van der Waals surface area contributed by atoms with Gasteiger partial charge in [0.2, 0.25) is 0 Å². The average molecular weight is 307 g/mol. The monoisotopic (exact) mass is 307 g/mol. The molecule has 0 saturated carbocycles. The van der Waals surface area contributed by atoms with Gasteiger partial charge in [0, 0.05) is 24.0 Å². The van der Waals surface area contributed by atoms with Crippen molar-refractivity contribution in [2.45, 2.75) is 32.4 Å². The summed E-state index contributed by atoms with van der Waals surface area (Å²) >= 11 is 1.66. The lowest BCUT2D eigenvalue weighted by molar-refractivity contribution is 0.134. The van der Waals surface area contributed by atoms with E-state index in [1.165, 1.54) is 12.1 Å². The first kappa shape index (κ1) is 16.1. The van der Waals surface area contributed by atoms with Crippen LogP contribution >= 0.6 is 11.3 Å². The van der Waals surface area contributed by atoms with Gasteiger partial charge in [0.15, 0.2) is 0 Å². The lowest BCUT2D eigenvalue weighted by Gasteiger charge is -2.38. The van der Waals surface area contributed by atoms with Crippen molar-refractivity contribution in [2.75, 3.05) is 13.6 Å². The fraction of sp³-hybridized carbons (Fsp3) is 0.438. The molecule has 0 saturated heterocycles. The van der Waals surface area contributed by atoms with Crippen molar-refractivity contribution in [1.82, 2.24) is 9.88 Å². The second-order valence-electron chi connectivity index (χ2n) is 5.72. The molecule has 2 N–H and O–H groups in total. The molecule has 0 aliphatic carbocycles. The van der Waals surface area contributed by atoms with E-state index < -0.39 is 0 Å². The van der Waals surface area contributed by atoms with E-state index in [9.17, 15) is 4.39 Å². The zero-order valence-corrected chi connectivity index (χ0v) is 13.6. The van der Waals surface area contributed by atoms with Gasteiger partial charge >= 0.3 is 0 Å². The van der Waals surface area contributed by atoms with Crippen LogP contribution in [0.2, 0.25) is 0 Å². The molecule has 1 unspecified atom stereocenters. The van der Waals surface area contributed by atoms with Crippen molar-refractivity contribution in [3.05, 3.63) is 51.7 Å². The summed E-state index contributed by atoms with van der Waals surface area (Å²) in [5.74, 6) is -0.209. The number of thiazole rings is 1. The number of aromatic nitrogens is 1. The third kappa shape index (κ3) is 4.09. The van der Waals surface area contributed by atoms with Crippen LogP contribution in [0.5, 0.6) is 0 Å². The fourth-order valence-corrected chi connectivity index (χ4v) is 2.92. The van der Waals surface area contributed by atoms with Crippen molar-refractivity contribution in [2.24, 2.45) is 5.73 Å². The predicted octanol–water partition coefficient (Wildman–Crippen LogP) is 2.98. The molecule has 3 nitrogen and oxygen atoms in total. The summed E-state index contributed by atoms with van der Waals surface area (Å²) in [6.45, 7) is 5.44. The van der Waals surface area contributed by atoms with Crippen LogP contribution in [0.3, 0.4) is 0 Å². The van der Waals surface area contributed by atoms with Gasteiger partial charge in [-0.05, 0) is 45.0 Å². The Morgan fingerprint density at radius 3 is 2.52 bits per heavy atom. The largest absolute Gasteiger partial charge is 0.329 e. The van der Waals surface area contributed by atoms with E-state index in [-0.39, 0.29) is 11.4 Å². The predicted molar refractivity (Wildman–Crippen MR) is 85.9 cm³/mol. The van der Waals surface area contributed by atoms with Crippen LogP contribution in [0.1, 0.15) is 23.2 Å². The van der Waals surface area contributed by atoms with E-state index in [1.807, 2.05) is 19.1 Å². The molecule has 0 fully saturated rings. The summed E-state index contributed by atoms with van der Waals surface area (Å²) in [4.78, 5) is 6.73. The summed E-state index contributed by atoms with van der Waals surface area (Å²) in [7, 11) is 2.06. The minimum absolute atomic E-state index is 0.185. The maximum Gasteiger partial charge on any atom is 0.123 e. The van der Waals surface area contributed by atoms with Gasteiger partial charge in [-0.15, -0.1) is 11.3 Å². The molecule has 0 aliphatic rings. The summed E-state index contributed by atoms with van der Waals surface area (Å²) in [6, 6.07) is 6.64. The lowest BCUT2D eigenvalue weighted by Crippen LogP contribution is -2.51. The Hall–Kier alpha value is -1.30. The highest BCUT2D eigenvalue weighted by Crippen LogP contribution is 2.21. The number of rotatable bonds is 6. The minimum Gasteiger partial charge on any atom is -0.329 e. The summed E-state index contributed by atoms with van der Waals surface area (Å²) in [6.07, 6.45) is 0.781. The maximum atomic E-state index is 13.0. The van der Waals surface area contributed by atoms with E-state index in [0.29, 0.717) is 6.54 Å². The topological polar surface area (TPSA) is 42.2 Å². The highest BCUT2D eigenvalue weighted by Gasteiger charge is 2.28. The standard InChI is InChI=1S/C16H22FN3S/c1-12-19-15(10-21-12)9-20(3)16(2,11-18)8-13-4-6-14(17)7-5-13/h4-7,10H,8-9,11,18H2,1-3H3. The van der Waals surface area contributed by atoms with Crippen molar-refractivity contribution in [1.29, 1.82) is 0 Å². The maximum absolute atomic E-state index is 13.0. The normalized spacial score (nSPS) is 14.4. The zero-order chi connectivity index (χ0) is 15.5. The lowest BCUT2D eigenvalue weighted by atomic mass is 9.91. The molecule has 1 aromatic carbocycles. The van der Waals surface area contributed by atoms with Crippen molar-refractivity contribution in [3.63, 3.8) is 0 Å². The van der Waals surface area contributed by atoms with Crippen LogP contribution in [0, 0.1) is 12.7 Å². The SMILES string of the molecule is Cc1nc(CN(C)C(C)(CN)Cc2ccc(F)cc2)cs1. The summed E-state index contributed by atoms with van der Waals surface area (Å²) in [5, 5.41) is 3.16. The molecule has 0 bridgehead atoms. The smallest absolute Gasteiger partial charge is 0.123 e. The molecule has 5 heteroatoms. The van der Waals surface area contributed by atoms with E-state index in [1.54, 1.807) is 11.3 Å². The van der Waals surface area contributed by atoms with Crippen LogP contribution in [0.15, 0.2) is 29.6 Å². The number of likely N-dealkylation sites (N-methyl/N-ethyl adjacent to an activating group) is 1.